The summed E-state index contributed by atoms with van der Waals surface area (Å²) in [6, 6.07) is 8.71. The number of phenolic OH excluding ortho intramolecular Hbond substituents is 1. The Labute approximate surface area is 94.3 Å². The van der Waals surface area contributed by atoms with Crippen molar-refractivity contribution in [1.82, 2.24) is 4.98 Å². The van der Waals surface area contributed by atoms with E-state index in [4.69, 9.17) is 9.84 Å². The third-order valence-corrected chi connectivity index (χ3v) is 2.17. The number of aromatic nitrogens is 1. The topological polar surface area (TPSA) is 42.4 Å². The van der Waals surface area contributed by atoms with E-state index in [9.17, 15) is 0 Å². The third kappa shape index (κ3) is 2.73. The molecule has 1 aromatic heterocycles. The summed E-state index contributed by atoms with van der Waals surface area (Å²) in [7, 11) is 0. The third-order valence-electron chi connectivity index (χ3n) is 2.17. The average molecular weight is 215 g/mol. The van der Waals surface area contributed by atoms with Gasteiger partial charge < -0.3 is 9.84 Å². The molecule has 16 heavy (non-hydrogen) atoms. The lowest BCUT2D eigenvalue weighted by Crippen LogP contribution is -1.96. The lowest BCUT2D eigenvalue weighted by Gasteiger charge is -2.06. The molecule has 0 atom stereocenters. The molecule has 0 saturated carbocycles. The molecular weight excluding hydrogens is 202 g/mol. The van der Waals surface area contributed by atoms with Crippen molar-refractivity contribution in [2.75, 3.05) is 0 Å². The van der Waals surface area contributed by atoms with E-state index < -0.39 is 0 Å². The summed E-state index contributed by atoms with van der Waals surface area (Å²) in [6.45, 7) is 2.48. The van der Waals surface area contributed by atoms with Gasteiger partial charge in [-0.1, -0.05) is 0 Å². The fourth-order valence-electron chi connectivity index (χ4n) is 1.41. The molecule has 3 nitrogen and oxygen atoms in total. The summed E-state index contributed by atoms with van der Waals surface area (Å²) in [6.07, 6.45) is 3.59. The molecule has 0 aliphatic rings. The van der Waals surface area contributed by atoms with Crippen LogP contribution in [0.1, 0.15) is 11.1 Å². The molecule has 0 amide bonds. The largest absolute Gasteiger partial charge is 0.508 e. The number of benzene rings is 1. The predicted molar refractivity (Wildman–Crippen MR) is 61.4 cm³/mol. The van der Waals surface area contributed by atoms with Crippen molar-refractivity contribution < 1.29 is 9.84 Å². The SMILES string of the molecule is Cc1cncc(COc2ccc(O)cc2)c1. The summed E-state index contributed by atoms with van der Waals surface area (Å²) in [5, 5.41) is 9.11. The normalized spacial score (nSPS) is 10.1. The Morgan fingerprint density at radius 3 is 2.62 bits per heavy atom. The molecule has 0 spiro atoms. The number of phenols is 1. The minimum absolute atomic E-state index is 0.240. The molecule has 0 aliphatic heterocycles. The molecule has 0 radical (unpaired) electrons. The number of rotatable bonds is 3. The van der Waals surface area contributed by atoms with Crippen LogP contribution in [0.2, 0.25) is 0 Å². The number of ether oxygens (including phenoxy) is 1. The lowest BCUT2D eigenvalue weighted by atomic mass is 10.2. The molecule has 2 rings (SSSR count). The van der Waals surface area contributed by atoms with Crippen molar-refractivity contribution in [1.29, 1.82) is 0 Å². The second-order valence-corrected chi connectivity index (χ2v) is 3.65. The van der Waals surface area contributed by atoms with Gasteiger partial charge in [0.15, 0.2) is 0 Å². The van der Waals surface area contributed by atoms with Crippen LogP contribution in [0.5, 0.6) is 11.5 Å². The standard InChI is InChI=1S/C13H13NO2/c1-10-6-11(8-14-7-10)9-16-13-4-2-12(15)3-5-13/h2-8,15H,9H2,1H3. The summed E-state index contributed by atoms with van der Waals surface area (Å²) in [5.41, 5.74) is 2.15. The van der Waals surface area contributed by atoms with Crippen LogP contribution in [0.3, 0.4) is 0 Å². The van der Waals surface area contributed by atoms with Gasteiger partial charge >= 0.3 is 0 Å². The van der Waals surface area contributed by atoms with Crippen molar-refractivity contribution in [3.8, 4) is 11.5 Å². The number of hydrogen-bond acceptors (Lipinski definition) is 3. The number of nitrogens with zero attached hydrogens (tertiary/aromatic N) is 1. The van der Waals surface area contributed by atoms with Gasteiger partial charge in [0, 0.05) is 18.0 Å². The molecule has 1 aromatic carbocycles. The van der Waals surface area contributed by atoms with E-state index in [1.807, 2.05) is 19.2 Å². The second-order valence-electron chi connectivity index (χ2n) is 3.65. The van der Waals surface area contributed by atoms with Gasteiger partial charge in [-0.25, -0.2) is 0 Å². The van der Waals surface area contributed by atoms with E-state index in [0.717, 1.165) is 16.9 Å². The van der Waals surface area contributed by atoms with Crippen LogP contribution in [-0.2, 0) is 6.61 Å². The van der Waals surface area contributed by atoms with Crippen LogP contribution < -0.4 is 4.74 Å². The average Bonchev–Trinajstić information content (AvgIpc) is 2.28. The van der Waals surface area contributed by atoms with E-state index in [0.29, 0.717) is 6.61 Å². The zero-order chi connectivity index (χ0) is 11.4. The van der Waals surface area contributed by atoms with Crippen LogP contribution in [0.25, 0.3) is 0 Å². The molecule has 1 heterocycles. The highest BCUT2D eigenvalue weighted by molar-refractivity contribution is 5.30. The van der Waals surface area contributed by atoms with Crippen molar-refractivity contribution in [3.63, 3.8) is 0 Å². The minimum Gasteiger partial charge on any atom is -0.508 e. The van der Waals surface area contributed by atoms with Gasteiger partial charge in [0.05, 0.1) is 0 Å². The summed E-state index contributed by atoms with van der Waals surface area (Å²) in [5.74, 6) is 0.976. The number of hydrogen-bond donors (Lipinski definition) is 1. The molecule has 0 bridgehead atoms. The number of aromatic hydroxyl groups is 1. The van der Waals surface area contributed by atoms with E-state index in [1.54, 1.807) is 30.5 Å². The predicted octanol–water partition coefficient (Wildman–Crippen LogP) is 2.67. The first-order valence-corrected chi connectivity index (χ1v) is 5.06. The van der Waals surface area contributed by atoms with E-state index in [-0.39, 0.29) is 5.75 Å². The summed E-state index contributed by atoms with van der Waals surface area (Å²) >= 11 is 0. The van der Waals surface area contributed by atoms with Crippen molar-refractivity contribution >= 4 is 0 Å². The second kappa shape index (κ2) is 4.66. The van der Waals surface area contributed by atoms with Gasteiger partial charge in [-0.3, -0.25) is 4.98 Å². The van der Waals surface area contributed by atoms with Gasteiger partial charge in [0.2, 0.25) is 0 Å². The van der Waals surface area contributed by atoms with Gasteiger partial charge in [-0.2, -0.15) is 0 Å². The first kappa shape index (κ1) is 10.5. The maximum Gasteiger partial charge on any atom is 0.120 e. The van der Waals surface area contributed by atoms with Gasteiger partial charge in [0.1, 0.15) is 18.1 Å². The first-order valence-electron chi connectivity index (χ1n) is 5.06. The molecule has 0 aliphatic carbocycles. The number of pyridine rings is 1. The van der Waals surface area contributed by atoms with Crippen LogP contribution in [0.15, 0.2) is 42.7 Å². The van der Waals surface area contributed by atoms with Crippen molar-refractivity contribution in [3.05, 3.63) is 53.9 Å². The maximum absolute atomic E-state index is 9.11. The van der Waals surface area contributed by atoms with Crippen LogP contribution in [0, 0.1) is 6.92 Å². The maximum atomic E-state index is 9.11. The highest BCUT2D eigenvalue weighted by Gasteiger charge is 1.97. The Balaban J connectivity index is 1.99. The Hall–Kier alpha value is -2.03. The smallest absolute Gasteiger partial charge is 0.120 e. The zero-order valence-corrected chi connectivity index (χ0v) is 9.05. The fraction of sp³-hybridized carbons (Fsp3) is 0.154. The minimum atomic E-state index is 0.240. The molecule has 0 unspecified atom stereocenters. The molecule has 2 aromatic rings. The molecule has 82 valence electrons. The summed E-state index contributed by atoms with van der Waals surface area (Å²) < 4.78 is 5.55. The highest BCUT2D eigenvalue weighted by atomic mass is 16.5. The Morgan fingerprint density at radius 2 is 1.94 bits per heavy atom. The van der Waals surface area contributed by atoms with E-state index in [1.165, 1.54) is 0 Å². The van der Waals surface area contributed by atoms with E-state index in [2.05, 4.69) is 4.98 Å². The van der Waals surface area contributed by atoms with Crippen molar-refractivity contribution in [2.24, 2.45) is 0 Å². The number of aryl methyl sites for hydroxylation is 1. The van der Waals surface area contributed by atoms with Crippen LogP contribution >= 0.6 is 0 Å². The first-order chi connectivity index (χ1) is 7.74. The molecule has 0 saturated heterocycles. The lowest BCUT2D eigenvalue weighted by molar-refractivity contribution is 0.305. The van der Waals surface area contributed by atoms with Gasteiger partial charge in [0.25, 0.3) is 0 Å². The molecule has 3 heteroatoms. The van der Waals surface area contributed by atoms with E-state index >= 15 is 0 Å². The zero-order valence-electron chi connectivity index (χ0n) is 9.05. The fourth-order valence-corrected chi connectivity index (χ4v) is 1.41. The summed E-state index contributed by atoms with van der Waals surface area (Å²) in [4.78, 5) is 4.09. The molecule has 0 fully saturated rings. The Bertz CT molecular complexity index is 466. The molecular formula is C13H13NO2. The van der Waals surface area contributed by atoms with Crippen LogP contribution in [-0.4, -0.2) is 10.1 Å². The van der Waals surface area contributed by atoms with Gasteiger partial charge in [-0.15, -0.1) is 0 Å². The van der Waals surface area contributed by atoms with Crippen molar-refractivity contribution in [2.45, 2.75) is 13.5 Å². The monoisotopic (exact) mass is 215 g/mol. The highest BCUT2D eigenvalue weighted by Crippen LogP contribution is 2.17. The Morgan fingerprint density at radius 1 is 1.19 bits per heavy atom. The molecule has 1 N–H and O–H groups in total. The quantitative estimate of drug-likeness (QED) is 0.855. The van der Waals surface area contributed by atoms with Gasteiger partial charge in [-0.05, 0) is 42.8 Å². The Kier molecular flexibility index (Phi) is 3.05. The van der Waals surface area contributed by atoms with Crippen LogP contribution in [0.4, 0.5) is 0 Å².